The molecule has 0 aliphatic rings. The molecular formula is C15H12N2O2. The van der Waals surface area contributed by atoms with Crippen molar-refractivity contribution in [2.75, 3.05) is 0 Å². The van der Waals surface area contributed by atoms with E-state index in [2.05, 4.69) is 4.98 Å². The quantitative estimate of drug-likeness (QED) is 0.762. The number of hydrogen-bond acceptors (Lipinski definition) is 2. The number of fused-ring (bicyclic) bond motifs is 1. The number of aryl methyl sites for hydroxylation is 1. The van der Waals surface area contributed by atoms with Crippen molar-refractivity contribution in [3.8, 4) is 5.69 Å². The van der Waals surface area contributed by atoms with Crippen LogP contribution in [0.4, 0.5) is 0 Å². The van der Waals surface area contributed by atoms with Crippen molar-refractivity contribution >= 4 is 17.0 Å². The van der Waals surface area contributed by atoms with E-state index < -0.39 is 5.97 Å². The largest absolute Gasteiger partial charge is 0.478 e. The van der Waals surface area contributed by atoms with E-state index >= 15 is 0 Å². The summed E-state index contributed by atoms with van der Waals surface area (Å²) in [4.78, 5) is 15.5. The fourth-order valence-electron chi connectivity index (χ4n) is 2.25. The first kappa shape index (κ1) is 11.5. The third-order valence-electron chi connectivity index (χ3n) is 3.08. The van der Waals surface area contributed by atoms with Crippen LogP contribution in [0.3, 0.4) is 0 Å². The van der Waals surface area contributed by atoms with Gasteiger partial charge < -0.3 is 5.11 Å². The Morgan fingerprint density at radius 3 is 2.74 bits per heavy atom. The molecule has 0 saturated carbocycles. The van der Waals surface area contributed by atoms with Gasteiger partial charge in [-0.2, -0.15) is 0 Å². The summed E-state index contributed by atoms with van der Waals surface area (Å²) in [5, 5.41) is 9.06. The van der Waals surface area contributed by atoms with Crippen molar-refractivity contribution < 1.29 is 9.90 Å². The second kappa shape index (κ2) is 4.24. The Kier molecular flexibility index (Phi) is 2.56. The number of rotatable bonds is 2. The topological polar surface area (TPSA) is 55.1 Å². The van der Waals surface area contributed by atoms with Crippen LogP contribution >= 0.6 is 0 Å². The predicted molar refractivity (Wildman–Crippen MR) is 72.8 cm³/mol. The number of carboxylic acids is 1. The van der Waals surface area contributed by atoms with E-state index in [-0.39, 0.29) is 5.56 Å². The minimum Gasteiger partial charge on any atom is -0.478 e. The molecule has 0 saturated heterocycles. The molecule has 0 spiro atoms. The lowest BCUT2D eigenvalue weighted by molar-refractivity contribution is 0.0697. The maximum atomic E-state index is 11.0. The van der Waals surface area contributed by atoms with Crippen molar-refractivity contribution in [2.45, 2.75) is 6.92 Å². The number of hydrogen-bond donors (Lipinski definition) is 1. The summed E-state index contributed by atoms with van der Waals surface area (Å²) < 4.78 is 1.96. The van der Waals surface area contributed by atoms with E-state index in [1.807, 2.05) is 41.8 Å². The Morgan fingerprint density at radius 1 is 1.16 bits per heavy atom. The van der Waals surface area contributed by atoms with Crippen LogP contribution in [-0.4, -0.2) is 20.6 Å². The molecule has 0 unspecified atom stereocenters. The Bertz CT molecular complexity index is 775. The second-order valence-corrected chi connectivity index (χ2v) is 4.34. The fraction of sp³-hybridized carbons (Fsp3) is 0.0667. The van der Waals surface area contributed by atoms with Gasteiger partial charge in [0.2, 0.25) is 0 Å². The minimum absolute atomic E-state index is 0.273. The van der Waals surface area contributed by atoms with Gasteiger partial charge in [0.15, 0.2) is 0 Å². The Hall–Kier alpha value is -2.62. The summed E-state index contributed by atoms with van der Waals surface area (Å²) >= 11 is 0. The first-order valence-electron chi connectivity index (χ1n) is 5.94. The number of nitrogens with zero attached hydrogens (tertiary/aromatic N) is 2. The van der Waals surface area contributed by atoms with Crippen molar-refractivity contribution in [1.82, 2.24) is 9.55 Å². The molecule has 1 aromatic heterocycles. The standard InChI is InChI=1S/C15H12N2O2/c1-10-16-13-7-2-3-8-14(13)17(10)12-6-4-5-11(9-12)15(18)19/h2-9H,1H3,(H,18,19). The van der Waals surface area contributed by atoms with Crippen molar-refractivity contribution in [2.24, 2.45) is 0 Å². The molecule has 0 bridgehead atoms. The summed E-state index contributed by atoms with van der Waals surface area (Å²) in [7, 11) is 0. The monoisotopic (exact) mass is 252 g/mol. The van der Waals surface area contributed by atoms with Crippen LogP contribution in [0.2, 0.25) is 0 Å². The highest BCUT2D eigenvalue weighted by Gasteiger charge is 2.10. The third-order valence-corrected chi connectivity index (χ3v) is 3.08. The van der Waals surface area contributed by atoms with Crippen molar-refractivity contribution in [1.29, 1.82) is 0 Å². The van der Waals surface area contributed by atoms with Crippen LogP contribution in [-0.2, 0) is 0 Å². The highest BCUT2D eigenvalue weighted by molar-refractivity contribution is 5.88. The molecule has 3 aromatic rings. The van der Waals surface area contributed by atoms with Crippen LogP contribution in [0.25, 0.3) is 16.7 Å². The van der Waals surface area contributed by atoms with E-state index in [1.165, 1.54) is 0 Å². The Labute approximate surface area is 109 Å². The molecule has 3 rings (SSSR count). The zero-order chi connectivity index (χ0) is 13.4. The number of imidazole rings is 1. The molecule has 2 aromatic carbocycles. The lowest BCUT2D eigenvalue weighted by Crippen LogP contribution is -2.01. The third kappa shape index (κ3) is 1.87. The van der Waals surface area contributed by atoms with Gasteiger partial charge >= 0.3 is 5.97 Å². The van der Waals surface area contributed by atoms with Gasteiger partial charge in [0.05, 0.1) is 16.6 Å². The number of carbonyl (C=O) groups is 1. The van der Waals surface area contributed by atoms with Gasteiger partial charge in [0.25, 0.3) is 0 Å². The Morgan fingerprint density at radius 2 is 1.95 bits per heavy atom. The van der Waals surface area contributed by atoms with Crippen molar-refractivity contribution in [3.63, 3.8) is 0 Å². The molecule has 0 amide bonds. The molecule has 0 radical (unpaired) electrons. The van der Waals surface area contributed by atoms with E-state index in [1.54, 1.807) is 18.2 Å². The van der Waals surface area contributed by atoms with Crippen LogP contribution in [0.15, 0.2) is 48.5 Å². The van der Waals surface area contributed by atoms with Crippen LogP contribution in [0.1, 0.15) is 16.2 Å². The summed E-state index contributed by atoms with van der Waals surface area (Å²) in [6.07, 6.45) is 0. The molecule has 19 heavy (non-hydrogen) atoms. The normalized spacial score (nSPS) is 10.8. The SMILES string of the molecule is Cc1nc2ccccc2n1-c1cccc(C(=O)O)c1. The number of aromatic carboxylic acids is 1. The number of carboxylic acid groups (broad SMARTS) is 1. The summed E-state index contributed by atoms with van der Waals surface area (Å²) in [6.45, 7) is 1.91. The summed E-state index contributed by atoms with van der Waals surface area (Å²) in [6, 6.07) is 14.7. The zero-order valence-corrected chi connectivity index (χ0v) is 10.4. The maximum absolute atomic E-state index is 11.0. The molecule has 1 heterocycles. The first-order chi connectivity index (χ1) is 9.16. The lowest BCUT2D eigenvalue weighted by atomic mass is 10.2. The minimum atomic E-state index is -0.927. The van der Waals surface area contributed by atoms with Crippen LogP contribution in [0, 0.1) is 6.92 Å². The molecule has 4 heteroatoms. The van der Waals surface area contributed by atoms with Gasteiger partial charge in [-0.15, -0.1) is 0 Å². The molecule has 0 aliphatic carbocycles. The van der Waals surface area contributed by atoms with E-state index in [4.69, 9.17) is 5.11 Å². The van der Waals surface area contributed by atoms with Gasteiger partial charge in [-0.1, -0.05) is 18.2 Å². The van der Waals surface area contributed by atoms with Gasteiger partial charge in [-0.05, 0) is 37.3 Å². The maximum Gasteiger partial charge on any atom is 0.335 e. The van der Waals surface area contributed by atoms with Gasteiger partial charge in [-0.3, -0.25) is 4.57 Å². The van der Waals surface area contributed by atoms with E-state index in [9.17, 15) is 4.79 Å². The highest BCUT2D eigenvalue weighted by atomic mass is 16.4. The number of benzene rings is 2. The number of aromatic nitrogens is 2. The average Bonchev–Trinajstić information content (AvgIpc) is 2.74. The predicted octanol–water partition coefficient (Wildman–Crippen LogP) is 3.03. The molecule has 0 fully saturated rings. The van der Waals surface area contributed by atoms with Crippen LogP contribution in [0.5, 0.6) is 0 Å². The van der Waals surface area contributed by atoms with Gasteiger partial charge in [0.1, 0.15) is 5.82 Å². The van der Waals surface area contributed by atoms with Gasteiger partial charge in [-0.25, -0.2) is 9.78 Å². The van der Waals surface area contributed by atoms with Gasteiger partial charge in [0, 0.05) is 5.69 Å². The fourth-order valence-corrected chi connectivity index (χ4v) is 2.25. The smallest absolute Gasteiger partial charge is 0.335 e. The molecule has 94 valence electrons. The molecule has 0 atom stereocenters. The summed E-state index contributed by atoms with van der Waals surface area (Å²) in [5.74, 6) is -0.0901. The van der Waals surface area contributed by atoms with E-state index in [0.717, 1.165) is 22.5 Å². The molecule has 1 N–H and O–H groups in total. The molecule has 4 nitrogen and oxygen atoms in total. The Balaban J connectivity index is 2.27. The average molecular weight is 252 g/mol. The number of para-hydroxylation sites is 2. The summed E-state index contributed by atoms with van der Waals surface area (Å²) in [5.41, 5.74) is 2.96. The lowest BCUT2D eigenvalue weighted by Gasteiger charge is -2.07. The van der Waals surface area contributed by atoms with E-state index in [0.29, 0.717) is 0 Å². The first-order valence-corrected chi connectivity index (χ1v) is 5.94. The molecular weight excluding hydrogens is 240 g/mol. The highest BCUT2D eigenvalue weighted by Crippen LogP contribution is 2.21. The second-order valence-electron chi connectivity index (χ2n) is 4.34. The van der Waals surface area contributed by atoms with Crippen molar-refractivity contribution in [3.05, 3.63) is 59.9 Å². The zero-order valence-electron chi connectivity index (χ0n) is 10.4. The van der Waals surface area contributed by atoms with Crippen LogP contribution < -0.4 is 0 Å². The molecule has 0 aliphatic heterocycles.